The molecule has 1 rings (SSSR count). The first-order valence-corrected chi connectivity index (χ1v) is 4.95. The topological polar surface area (TPSA) is 89.7 Å². The Morgan fingerprint density at radius 1 is 1.61 bits per heavy atom. The molecule has 0 radical (unpaired) electrons. The lowest BCUT2D eigenvalue weighted by atomic mass is 10.3. The van der Waals surface area contributed by atoms with Crippen LogP contribution in [0.5, 0.6) is 5.75 Å². The first-order chi connectivity index (χ1) is 8.41. The summed E-state index contributed by atoms with van der Waals surface area (Å²) in [4.78, 5) is 19.7. The van der Waals surface area contributed by atoms with Gasteiger partial charge in [0.15, 0.2) is 0 Å². The van der Waals surface area contributed by atoms with Crippen LogP contribution in [0.4, 0.5) is 10.1 Å². The highest BCUT2D eigenvalue weighted by Crippen LogP contribution is 2.31. The number of nitro benzene ring substituents is 1. The molecule has 1 aromatic carbocycles. The van der Waals surface area contributed by atoms with Gasteiger partial charge in [-0.25, -0.2) is 4.79 Å². The highest BCUT2D eigenvalue weighted by Gasteiger charge is 2.18. The fourth-order valence-electron chi connectivity index (χ4n) is 1.06. The van der Waals surface area contributed by atoms with Gasteiger partial charge in [0.2, 0.25) is 5.82 Å². The number of nitro groups is 1. The van der Waals surface area contributed by atoms with Crippen LogP contribution >= 0.6 is 11.6 Å². The molecule has 1 aromatic rings. The van der Waals surface area contributed by atoms with E-state index in [2.05, 4.69) is 0 Å². The van der Waals surface area contributed by atoms with Crippen molar-refractivity contribution in [3.05, 3.63) is 45.2 Å². The summed E-state index contributed by atoms with van der Waals surface area (Å²) in [6.07, 6.45) is 2.02. The van der Waals surface area contributed by atoms with Crippen LogP contribution < -0.4 is 4.74 Å². The molecule has 0 aliphatic heterocycles. The van der Waals surface area contributed by atoms with Gasteiger partial charge < -0.3 is 9.84 Å². The largest absolute Gasteiger partial charge is 0.488 e. The van der Waals surface area contributed by atoms with Crippen molar-refractivity contribution in [1.29, 1.82) is 0 Å². The molecule has 0 fully saturated rings. The summed E-state index contributed by atoms with van der Waals surface area (Å²) in [7, 11) is 0. The molecule has 0 aliphatic rings. The van der Waals surface area contributed by atoms with Crippen LogP contribution in [0, 0.1) is 15.9 Å². The molecular formula is C10H7ClFNO5. The Labute approximate surface area is 105 Å². The SMILES string of the molecule is O=C(O)/C=C/COc1cc(F)c([N+](=O)[O-])cc1Cl. The van der Waals surface area contributed by atoms with Gasteiger partial charge in [-0.3, -0.25) is 10.1 Å². The van der Waals surface area contributed by atoms with Crippen LogP contribution in [0.25, 0.3) is 0 Å². The minimum Gasteiger partial charge on any atom is -0.488 e. The fraction of sp³-hybridized carbons (Fsp3) is 0.100. The number of ether oxygens (including phenoxy) is 1. The molecule has 0 atom stereocenters. The lowest BCUT2D eigenvalue weighted by Gasteiger charge is -2.05. The number of carboxylic acids is 1. The second-order valence-corrected chi connectivity index (χ2v) is 3.45. The molecule has 0 amide bonds. The Kier molecular flexibility index (Phi) is 4.61. The van der Waals surface area contributed by atoms with Gasteiger partial charge in [0.05, 0.1) is 9.95 Å². The highest BCUT2D eigenvalue weighted by atomic mass is 35.5. The summed E-state index contributed by atoms with van der Waals surface area (Å²) >= 11 is 5.65. The first-order valence-electron chi connectivity index (χ1n) is 4.57. The molecule has 0 bridgehead atoms. The third-order valence-corrected chi connectivity index (χ3v) is 2.09. The molecule has 96 valence electrons. The molecule has 0 saturated carbocycles. The number of carboxylic acid groups (broad SMARTS) is 1. The molecule has 18 heavy (non-hydrogen) atoms. The van der Waals surface area contributed by atoms with E-state index < -0.39 is 22.4 Å². The molecule has 0 aromatic heterocycles. The van der Waals surface area contributed by atoms with E-state index in [1.165, 1.54) is 6.08 Å². The first kappa shape index (κ1) is 13.9. The number of hydrogen-bond donors (Lipinski definition) is 1. The van der Waals surface area contributed by atoms with Crippen molar-refractivity contribution < 1.29 is 24.0 Å². The molecule has 0 saturated heterocycles. The molecule has 0 aliphatic carbocycles. The molecule has 6 nitrogen and oxygen atoms in total. The molecule has 0 spiro atoms. The van der Waals surface area contributed by atoms with E-state index >= 15 is 0 Å². The van der Waals surface area contributed by atoms with E-state index in [-0.39, 0.29) is 17.4 Å². The van der Waals surface area contributed by atoms with Gasteiger partial charge in [0.1, 0.15) is 12.4 Å². The Morgan fingerprint density at radius 3 is 2.83 bits per heavy atom. The highest BCUT2D eigenvalue weighted by molar-refractivity contribution is 6.32. The van der Waals surface area contributed by atoms with Crippen molar-refractivity contribution in [2.75, 3.05) is 6.61 Å². The maximum atomic E-state index is 13.2. The molecule has 8 heteroatoms. The van der Waals surface area contributed by atoms with Crippen molar-refractivity contribution in [3.8, 4) is 5.75 Å². The van der Waals surface area contributed by atoms with Crippen LogP contribution in [0.1, 0.15) is 0 Å². The van der Waals surface area contributed by atoms with Gasteiger partial charge in [-0.15, -0.1) is 0 Å². The summed E-state index contributed by atoms with van der Waals surface area (Å²) in [5.74, 6) is -2.34. The third kappa shape index (κ3) is 3.70. The summed E-state index contributed by atoms with van der Waals surface area (Å²) in [5.41, 5.74) is -0.756. The minimum absolute atomic E-state index is 0.102. The molecular weight excluding hydrogens is 269 g/mol. The number of rotatable bonds is 5. The van der Waals surface area contributed by atoms with Gasteiger partial charge in [-0.2, -0.15) is 4.39 Å². The number of hydrogen-bond acceptors (Lipinski definition) is 4. The van der Waals surface area contributed by atoms with E-state index in [0.29, 0.717) is 0 Å². The molecule has 1 N–H and O–H groups in total. The lowest BCUT2D eigenvalue weighted by Crippen LogP contribution is -1.99. The fourth-order valence-corrected chi connectivity index (χ4v) is 1.27. The maximum absolute atomic E-state index is 13.2. The van der Waals surface area contributed by atoms with Gasteiger partial charge in [0.25, 0.3) is 0 Å². The zero-order chi connectivity index (χ0) is 13.7. The zero-order valence-corrected chi connectivity index (χ0v) is 9.56. The maximum Gasteiger partial charge on any atom is 0.328 e. The van der Waals surface area contributed by atoms with E-state index in [0.717, 1.165) is 18.2 Å². The van der Waals surface area contributed by atoms with Crippen molar-refractivity contribution in [2.24, 2.45) is 0 Å². The number of carbonyl (C=O) groups is 1. The predicted octanol–water partition coefficient (Wildman–Crippen LogP) is 2.41. The van der Waals surface area contributed by atoms with Gasteiger partial charge in [0, 0.05) is 18.2 Å². The molecule has 0 unspecified atom stereocenters. The predicted molar refractivity (Wildman–Crippen MR) is 60.3 cm³/mol. The van der Waals surface area contributed by atoms with Crippen LogP contribution in [0.2, 0.25) is 5.02 Å². The van der Waals surface area contributed by atoms with Gasteiger partial charge >= 0.3 is 11.7 Å². The standard InChI is InChI=1S/C10H7ClFNO5/c11-6-4-8(13(16)17)7(12)5-9(6)18-3-1-2-10(14)15/h1-2,4-5H,3H2,(H,14,15)/b2-1+. The van der Waals surface area contributed by atoms with Crippen LogP contribution in [-0.4, -0.2) is 22.6 Å². The van der Waals surface area contributed by atoms with Crippen molar-refractivity contribution in [3.63, 3.8) is 0 Å². The number of nitrogens with zero attached hydrogens (tertiary/aromatic N) is 1. The van der Waals surface area contributed by atoms with Gasteiger partial charge in [-0.1, -0.05) is 11.6 Å². The lowest BCUT2D eigenvalue weighted by molar-refractivity contribution is -0.387. The molecule has 0 heterocycles. The van der Waals surface area contributed by atoms with Crippen molar-refractivity contribution in [2.45, 2.75) is 0 Å². The Bertz CT molecular complexity index is 517. The summed E-state index contributed by atoms with van der Waals surface area (Å²) < 4.78 is 18.2. The third-order valence-electron chi connectivity index (χ3n) is 1.79. The number of benzene rings is 1. The second kappa shape index (κ2) is 5.97. The number of halogens is 2. The smallest absolute Gasteiger partial charge is 0.328 e. The zero-order valence-electron chi connectivity index (χ0n) is 8.80. The number of aliphatic carboxylic acids is 1. The van der Waals surface area contributed by atoms with Crippen molar-refractivity contribution >= 4 is 23.3 Å². The van der Waals surface area contributed by atoms with Gasteiger partial charge in [-0.05, 0) is 6.08 Å². The van der Waals surface area contributed by atoms with E-state index in [4.69, 9.17) is 21.4 Å². The van der Waals surface area contributed by atoms with Crippen LogP contribution in [0.3, 0.4) is 0 Å². The van der Waals surface area contributed by atoms with E-state index in [9.17, 15) is 19.3 Å². The Hall–Kier alpha value is -2.15. The average Bonchev–Trinajstić information content (AvgIpc) is 2.27. The Balaban J connectivity index is 2.82. The quantitative estimate of drug-likeness (QED) is 0.506. The summed E-state index contributed by atoms with van der Waals surface area (Å²) in [6, 6.07) is 1.60. The van der Waals surface area contributed by atoms with Crippen LogP contribution in [-0.2, 0) is 4.79 Å². The minimum atomic E-state index is -1.15. The van der Waals surface area contributed by atoms with E-state index in [1.54, 1.807) is 0 Å². The Morgan fingerprint density at radius 2 is 2.28 bits per heavy atom. The summed E-state index contributed by atoms with van der Waals surface area (Å²) in [6.45, 7) is -0.150. The van der Waals surface area contributed by atoms with Crippen LogP contribution in [0.15, 0.2) is 24.3 Å². The average molecular weight is 276 g/mol. The monoisotopic (exact) mass is 275 g/mol. The summed E-state index contributed by atoms with van der Waals surface area (Å²) in [5, 5.41) is 18.6. The second-order valence-electron chi connectivity index (χ2n) is 3.04. The van der Waals surface area contributed by atoms with E-state index in [1.807, 2.05) is 0 Å². The van der Waals surface area contributed by atoms with Crippen molar-refractivity contribution in [1.82, 2.24) is 0 Å². The normalized spacial score (nSPS) is 10.6.